The third kappa shape index (κ3) is 5.64. The number of rotatable bonds is 6. The van der Waals surface area contributed by atoms with Crippen molar-refractivity contribution >= 4 is 15.9 Å². The lowest BCUT2D eigenvalue weighted by Crippen LogP contribution is -2.27. The number of unbranched alkanes of at least 4 members (excludes halogenated alkanes) is 1. The summed E-state index contributed by atoms with van der Waals surface area (Å²) in [6.07, 6.45) is 5.93. The molecule has 0 aliphatic heterocycles. The number of benzene rings is 1. The number of hydrogen-bond donors (Lipinski definition) is 0. The summed E-state index contributed by atoms with van der Waals surface area (Å²) in [6.45, 7) is 7.26. The van der Waals surface area contributed by atoms with Crippen molar-refractivity contribution in [3.63, 3.8) is 0 Å². The summed E-state index contributed by atoms with van der Waals surface area (Å²) in [5.74, 6) is 0.136. The average molecular weight is 323 g/mol. The highest BCUT2D eigenvalue weighted by molar-refractivity contribution is 7.91. The van der Waals surface area contributed by atoms with Crippen LogP contribution in [0.1, 0.15) is 46.1 Å². The van der Waals surface area contributed by atoms with Gasteiger partial charge in [-0.25, -0.2) is 8.42 Å². The summed E-state index contributed by atoms with van der Waals surface area (Å²) in [6, 6.07) is 9.08. The van der Waals surface area contributed by atoms with Gasteiger partial charge < -0.3 is 4.74 Å². The van der Waals surface area contributed by atoms with Crippen LogP contribution in [0, 0.1) is 0 Å². The van der Waals surface area contributed by atoms with Crippen LogP contribution >= 0.6 is 0 Å². The van der Waals surface area contributed by atoms with Gasteiger partial charge in [-0.2, -0.15) is 0 Å². The number of allylic oxidation sites excluding steroid dienone is 1. The highest BCUT2D eigenvalue weighted by atomic mass is 32.2. The summed E-state index contributed by atoms with van der Waals surface area (Å²) in [5, 5.41) is 0. The van der Waals surface area contributed by atoms with Crippen LogP contribution in [0.3, 0.4) is 0 Å². The molecule has 0 atom stereocenters. The number of ether oxygens (including phenoxy) is 1. The van der Waals surface area contributed by atoms with E-state index in [4.69, 9.17) is 4.74 Å². The molecule has 1 aromatic carbocycles. The molecular weight excluding hydrogens is 298 g/mol. The molecule has 0 N–H and O–H groups in total. The molecule has 0 fully saturated rings. The molecule has 0 heterocycles. The molecule has 4 nitrogen and oxygen atoms in total. The normalized spacial score (nSPS) is 13.5. The van der Waals surface area contributed by atoms with Crippen LogP contribution in [-0.4, -0.2) is 25.7 Å². The van der Waals surface area contributed by atoms with E-state index >= 15 is 0 Å². The fourth-order valence-electron chi connectivity index (χ4n) is 1.47. The van der Waals surface area contributed by atoms with Gasteiger partial charge in [-0.3, -0.25) is 0 Å². The van der Waals surface area contributed by atoms with Crippen molar-refractivity contribution in [1.82, 2.24) is 0 Å². The molecule has 0 aromatic heterocycles. The van der Waals surface area contributed by atoms with Crippen molar-refractivity contribution in [3.8, 4) is 0 Å². The molecule has 0 aliphatic rings. The number of hydrogen-bond acceptors (Lipinski definition) is 3. The second-order valence-corrected chi connectivity index (χ2v) is 8.28. The lowest BCUT2D eigenvalue weighted by atomic mass is 10.2. The van der Waals surface area contributed by atoms with E-state index in [1.54, 1.807) is 32.9 Å². The van der Waals surface area contributed by atoms with Gasteiger partial charge in [0.05, 0.1) is 4.75 Å². The SMILES string of the molecule is CCC/C=C/CO/C(=N\S(=O)(=O)C(C)(C)C)c1ccccc1. The molecule has 122 valence electrons. The van der Waals surface area contributed by atoms with Crippen molar-refractivity contribution in [2.24, 2.45) is 4.40 Å². The molecule has 0 saturated heterocycles. The minimum absolute atomic E-state index is 0.136. The van der Waals surface area contributed by atoms with Crippen LogP contribution in [-0.2, 0) is 14.8 Å². The second-order valence-electron chi connectivity index (χ2n) is 5.92. The van der Waals surface area contributed by atoms with Gasteiger partial charge >= 0.3 is 0 Å². The molecule has 22 heavy (non-hydrogen) atoms. The van der Waals surface area contributed by atoms with Gasteiger partial charge in [0.25, 0.3) is 10.0 Å². The summed E-state index contributed by atoms with van der Waals surface area (Å²) in [5.41, 5.74) is 0.652. The largest absolute Gasteiger partial charge is 0.473 e. The molecule has 0 amide bonds. The average Bonchev–Trinajstić information content (AvgIpc) is 2.45. The van der Waals surface area contributed by atoms with Crippen molar-refractivity contribution in [3.05, 3.63) is 48.0 Å². The molecule has 1 rings (SSSR count). The zero-order chi connectivity index (χ0) is 16.6. The van der Waals surface area contributed by atoms with Gasteiger partial charge in [0, 0.05) is 5.56 Å². The van der Waals surface area contributed by atoms with E-state index in [1.807, 2.05) is 30.4 Å². The highest BCUT2D eigenvalue weighted by Gasteiger charge is 2.29. The first-order chi connectivity index (χ1) is 10.3. The van der Waals surface area contributed by atoms with Gasteiger partial charge in [-0.1, -0.05) is 43.7 Å². The highest BCUT2D eigenvalue weighted by Crippen LogP contribution is 2.18. The molecule has 0 aliphatic carbocycles. The van der Waals surface area contributed by atoms with Crippen LogP contribution in [0.4, 0.5) is 0 Å². The molecule has 1 aromatic rings. The fraction of sp³-hybridized carbons (Fsp3) is 0.471. The molecule has 0 bridgehead atoms. The van der Waals surface area contributed by atoms with Crippen molar-refractivity contribution in [1.29, 1.82) is 0 Å². The fourth-order valence-corrected chi connectivity index (χ4v) is 2.12. The Morgan fingerprint density at radius 1 is 1.18 bits per heavy atom. The molecule has 0 radical (unpaired) electrons. The Kier molecular flexibility index (Phi) is 6.81. The smallest absolute Gasteiger partial charge is 0.261 e. The minimum Gasteiger partial charge on any atom is -0.473 e. The van der Waals surface area contributed by atoms with Crippen molar-refractivity contribution in [2.75, 3.05) is 6.61 Å². The van der Waals surface area contributed by atoms with E-state index in [1.165, 1.54) is 0 Å². The van der Waals surface area contributed by atoms with Gasteiger partial charge in [-0.05, 0) is 39.3 Å². The maximum Gasteiger partial charge on any atom is 0.261 e. The Morgan fingerprint density at radius 3 is 2.36 bits per heavy atom. The summed E-state index contributed by atoms with van der Waals surface area (Å²) < 4.78 is 33.1. The summed E-state index contributed by atoms with van der Waals surface area (Å²) in [4.78, 5) is 0. The molecule has 0 saturated carbocycles. The van der Waals surface area contributed by atoms with Crippen LogP contribution in [0.15, 0.2) is 46.9 Å². The Bertz CT molecular complexity index is 611. The van der Waals surface area contributed by atoms with Gasteiger partial charge in [-0.15, -0.1) is 4.40 Å². The first-order valence-corrected chi connectivity index (χ1v) is 8.89. The Balaban J connectivity index is 3.03. The second kappa shape index (κ2) is 8.13. The summed E-state index contributed by atoms with van der Waals surface area (Å²) >= 11 is 0. The molecule has 5 heteroatoms. The number of sulfonamides is 1. The first kappa shape index (κ1) is 18.4. The quantitative estimate of drug-likeness (QED) is 0.453. The minimum atomic E-state index is -3.65. The third-order valence-electron chi connectivity index (χ3n) is 2.94. The van der Waals surface area contributed by atoms with E-state index in [9.17, 15) is 8.42 Å². The van der Waals surface area contributed by atoms with Gasteiger partial charge in [0.15, 0.2) is 0 Å². The zero-order valence-corrected chi connectivity index (χ0v) is 14.6. The third-order valence-corrected chi connectivity index (χ3v) is 4.89. The van der Waals surface area contributed by atoms with E-state index in [0.29, 0.717) is 12.2 Å². The number of nitrogens with zero attached hydrogens (tertiary/aromatic N) is 1. The van der Waals surface area contributed by atoms with Crippen LogP contribution in [0.5, 0.6) is 0 Å². The zero-order valence-electron chi connectivity index (χ0n) is 13.7. The monoisotopic (exact) mass is 323 g/mol. The van der Waals surface area contributed by atoms with E-state index < -0.39 is 14.8 Å². The lowest BCUT2D eigenvalue weighted by molar-refractivity contribution is 0.352. The van der Waals surface area contributed by atoms with Crippen LogP contribution in [0.25, 0.3) is 0 Å². The maximum atomic E-state index is 12.3. The van der Waals surface area contributed by atoms with Crippen molar-refractivity contribution < 1.29 is 13.2 Å². The van der Waals surface area contributed by atoms with Crippen LogP contribution < -0.4 is 0 Å². The standard InChI is InChI=1S/C17H25NO3S/c1-5-6-7-11-14-21-16(15-12-9-8-10-13-15)18-22(19,20)17(2,3)4/h7-13H,5-6,14H2,1-4H3/b11-7+,18-16-. The van der Waals surface area contributed by atoms with Gasteiger partial charge in [0.2, 0.25) is 5.90 Å². The molecule has 0 unspecified atom stereocenters. The summed E-state index contributed by atoms with van der Waals surface area (Å²) in [7, 11) is -3.65. The van der Waals surface area contributed by atoms with E-state index in [0.717, 1.165) is 12.8 Å². The Labute approximate surface area is 134 Å². The van der Waals surface area contributed by atoms with Crippen LogP contribution in [0.2, 0.25) is 0 Å². The lowest BCUT2D eigenvalue weighted by Gasteiger charge is -2.16. The maximum absolute atomic E-state index is 12.3. The van der Waals surface area contributed by atoms with Gasteiger partial charge in [0.1, 0.15) is 6.61 Å². The Morgan fingerprint density at radius 2 is 1.82 bits per heavy atom. The molecule has 0 spiro atoms. The predicted molar refractivity (Wildman–Crippen MR) is 91.7 cm³/mol. The topological polar surface area (TPSA) is 55.7 Å². The van der Waals surface area contributed by atoms with E-state index in [2.05, 4.69) is 11.3 Å². The molecular formula is C17H25NO3S. The van der Waals surface area contributed by atoms with Crippen molar-refractivity contribution in [2.45, 2.75) is 45.3 Å². The Hall–Kier alpha value is -1.62. The first-order valence-electron chi connectivity index (χ1n) is 7.45. The van der Waals surface area contributed by atoms with E-state index in [-0.39, 0.29) is 5.90 Å². The predicted octanol–water partition coefficient (Wildman–Crippen LogP) is 3.93.